The number of hydrogen-bond donors (Lipinski definition) is 1. The summed E-state index contributed by atoms with van der Waals surface area (Å²) < 4.78 is 0. The molecule has 0 fully saturated rings. The van der Waals surface area contributed by atoms with Crippen LogP contribution in [0.25, 0.3) is 0 Å². The quantitative estimate of drug-likeness (QED) is 0.760. The maximum absolute atomic E-state index is 9.21. The Hall–Kier alpha value is -0.470. The Morgan fingerprint density at radius 2 is 2.06 bits per heavy atom. The zero-order chi connectivity index (χ0) is 12.0. The first-order valence-corrected chi connectivity index (χ1v) is 7.22. The third-order valence-electron chi connectivity index (χ3n) is 2.89. The Bertz CT molecular complexity index is 323. The average Bonchev–Trinajstić information content (AvgIpc) is 2.34. The van der Waals surface area contributed by atoms with Crippen LogP contribution in [-0.2, 0) is 6.42 Å². The minimum absolute atomic E-state index is 0.227. The molecule has 1 nitrogen and oxygen atoms in total. The Morgan fingerprint density at radius 3 is 2.62 bits per heavy atom. The van der Waals surface area contributed by atoms with Crippen molar-refractivity contribution in [3.8, 4) is 0 Å². The normalized spacial score (nSPS) is 12.8. The molecule has 90 valence electrons. The third kappa shape index (κ3) is 3.84. The van der Waals surface area contributed by atoms with Gasteiger partial charge < -0.3 is 5.11 Å². The van der Waals surface area contributed by atoms with E-state index in [-0.39, 0.29) is 12.5 Å². The van der Waals surface area contributed by atoms with Crippen molar-refractivity contribution in [1.29, 1.82) is 0 Å². The molecule has 1 unspecified atom stereocenters. The van der Waals surface area contributed by atoms with E-state index in [1.54, 1.807) is 11.8 Å². The smallest absolute Gasteiger partial charge is 0.0497 e. The van der Waals surface area contributed by atoms with E-state index in [2.05, 4.69) is 38.3 Å². The van der Waals surface area contributed by atoms with Gasteiger partial charge >= 0.3 is 0 Å². The van der Waals surface area contributed by atoms with Crippen LogP contribution in [0.15, 0.2) is 23.1 Å². The molecule has 0 aromatic heterocycles. The fraction of sp³-hybridized carbons (Fsp3) is 0.571. The van der Waals surface area contributed by atoms with Crippen molar-refractivity contribution in [2.45, 2.75) is 43.9 Å². The fourth-order valence-corrected chi connectivity index (χ4v) is 2.24. The standard InChI is InChI=1S/C14H22OS/c1-4-5-6-12-7-13(11(2)10-15)9-14(8-12)16-3/h7-9,11,15H,4-6,10H2,1-3H3. The van der Waals surface area contributed by atoms with Gasteiger partial charge in [-0.1, -0.05) is 26.3 Å². The minimum Gasteiger partial charge on any atom is -0.396 e. The van der Waals surface area contributed by atoms with Gasteiger partial charge in [0.2, 0.25) is 0 Å². The monoisotopic (exact) mass is 238 g/mol. The van der Waals surface area contributed by atoms with Crippen LogP contribution < -0.4 is 0 Å². The van der Waals surface area contributed by atoms with Crippen LogP contribution in [0, 0.1) is 0 Å². The van der Waals surface area contributed by atoms with Gasteiger partial charge in [-0.15, -0.1) is 11.8 Å². The third-order valence-corrected chi connectivity index (χ3v) is 3.59. The molecule has 0 aliphatic rings. The van der Waals surface area contributed by atoms with Gasteiger partial charge in [0.25, 0.3) is 0 Å². The van der Waals surface area contributed by atoms with Gasteiger partial charge in [-0.3, -0.25) is 0 Å². The van der Waals surface area contributed by atoms with Crippen LogP contribution in [0.4, 0.5) is 0 Å². The van der Waals surface area contributed by atoms with E-state index in [0.717, 1.165) is 6.42 Å². The van der Waals surface area contributed by atoms with E-state index in [4.69, 9.17) is 0 Å². The number of rotatable bonds is 6. The van der Waals surface area contributed by atoms with Crippen LogP contribution in [0.5, 0.6) is 0 Å². The SMILES string of the molecule is CCCCc1cc(SC)cc(C(C)CO)c1. The highest BCUT2D eigenvalue weighted by atomic mass is 32.2. The topological polar surface area (TPSA) is 20.2 Å². The van der Waals surface area contributed by atoms with Crippen LogP contribution in [-0.4, -0.2) is 18.0 Å². The predicted molar refractivity (Wildman–Crippen MR) is 72.3 cm³/mol. The van der Waals surface area contributed by atoms with Gasteiger partial charge in [0.1, 0.15) is 0 Å². The predicted octanol–water partition coefficient (Wildman–Crippen LogP) is 3.85. The summed E-state index contributed by atoms with van der Waals surface area (Å²) >= 11 is 1.78. The summed E-state index contributed by atoms with van der Waals surface area (Å²) in [6.07, 6.45) is 5.72. The molecule has 1 N–H and O–H groups in total. The van der Waals surface area contributed by atoms with Gasteiger partial charge in [0.15, 0.2) is 0 Å². The van der Waals surface area contributed by atoms with Crippen molar-refractivity contribution >= 4 is 11.8 Å². The highest BCUT2D eigenvalue weighted by Gasteiger charge is 2.07. The molecule has 2 heteroatoms. The summed E-state index contributed by atoms with van der Waals surface area (Å²) in [5.41, 5.74) is 2.67. The lowest BCUT2D eigenvalue weighted by molar-refractivity contribution is 0.273. The second kappa shape index (κ2) is 6.97. The molecule has 0 spiro atoms. The van der Waals surface area contributed by atoms with Crippen molar-refractivity contribution in [2.75, 3.05) is 12.9 Å². The summed E-state index contributed by atoms with van der Waals surface area (Å²) in [5.74, 6) is 0.243. The molecule has 0 amide bonds. The lowest BCUT2D eigenvalue weighted by Crippen LogP contribution is -2.00. The van der Waals surface area contributed by atoms with Crippen molar-refractivity contribution < 1.29 is 5.11 Å². The number of unbranched alkanes of at least 4 members (excludes halogenated alkanes) is 1. The Morgan fingerprint density at radius 1 is 1.31 bits per heavy atom. The Kier molecular flexibility index (Phi) is 5.93. The van der Waals surface area contributed by atoms with Crippen molar-refractivity contribution in [2.24, 2.45) is 0 Å². The summed E-state index contributed by atoms with van der Waals surface area (Å²) in [6, 6.07) is 6.71. The summed E-state index contributed by atoms with van der Waals surface area (Å²) in [4.78, 5) is 1.31. The first-order chi connectivity index (χ1) is 7.71. The van der Waals surface area contributed by atoms with E-state index in [9.17, 15) is 5.11 Å². The van der Waals surface area contributed by atoms with Crippen LogP contribution in [0.3, 0.4) is 0 Å². The zero-order valence-corrected chi connectivity index (χ0v) is 11.3. The van der Waals surface area contributed by atoms with E-state index in [0.29, 0.717) is 0 Å². The Labute approximate surface area is 103 Å². The first kappa shape index (κ1) is 13.6. The highest BCUT2D eigenvalue weighted by Crippen LogP contribution is 2.24. The molecule has 0 aliphatic carbocycles. The van der Waals surface area contributed by atoms with E-state index in [1.165, 1.54) is 28.9 Å². The largest absolute Gasteiger partial charge is 0.396 e. The second-order valence-corrected chi connectivity index (χ2v) is 5.18. The number of aryl methyl sites for hydroxylation is 1. The molecule has 0 saturated heterocycles. The molecule has 1 aromatic carbocycles. The van der Waals surface area contributed by atoms with Gasteiger partial charge in [-0.2, -0.15) is 0 Å². The van der Waals surface area contributed by atoms with Gasteiger partial charge in [-0.05, 0) is 42.4 Å². The molecule has 1 rings (SSSR count). The summed E-state index contributed by atoms with van der Waals surface area (Å²) in [5, 5.41) is 9.21. The number of thioether (sulfide) groups is 1. The lowest BCUT2D eigenvalue weighted by atomic mass is 9.98. The fourth-order valence-electron chi connectivity index (χ4n) is 1.72. The lowest BCUT2D eigenvalue weighted by Gasteiger charge is -2.12. The zero-order valence-electron chi connectivity index (χ0n) is 10.5. The number of hydrogen-bond acceptors (Lipinski definition) is 2. The Balaban J connectivity index is 2.91. The van der Waals surface area contributed by atoms with E-state index < -0.39 is 0 Å². The van der Waals surface area contributed by atoms with Crippen molar-refractivity contribution in [3.05, 3.63) is 29.3 Å². The van der Waals surface area contributed by atoms with Gasteiger partial charge in [0, 0.05) is 17.4 Å². The molecule has 0 aliphatic heterocycles. The molecule has 0 bridgehead atoms. The molecule has 0 saturated carbocycles. The number of aliphatic hydroxyl groups excluding tert-OH is 1. The van der Waals surface area contributed by atoms with Crippen LogP contribution >= 0.6 is 11.8 Å². The molecule has 1 atom stereocenters. The maximum atomic E-state index is 9.21. The minimum atomic E-state index is 0.227. The maximum Gasteiger partial charge on any atom is 0.0497 e. The highest BCUT2D eigenvalue weighted by molar-refractivity contribution is 7.98. The molecular weight excluding hydrogens is 216 g/mol. The van der Waals surface area contributed by atoms with Gasteiger partial charge in [-0.25, -0.2) is 0 Å². The average molecular weight is 238 g/mol. The molecule has 0 radical (unpaired) electrons. The van der Waals surface area contributed by atoms with Crippen molar-refractivity contribution in [1.82, 2.24) is 0 Å². The summed E-state index contributed by atoms with van der Waals surface area (Å²) in [6.45, 7) is 4.52. The van der Waals surface area contributed by atoms with Crippen LogP contribution in [0.2, 0.25) is 0 Å². The van der Waals surface area contributed by atoms with Gasteiger partial charge in [0.05, 0.1) is 0 Å². The van der Waals surface area contributed by atoms with Crippen LogP contribution in [0.1, 0.15) is 43.7 Å². The molecule has 16 heavy (non-hydrogen) atoms. The number of benzene rings is 1. The summed E-state index contributed by atoms with van der Waals surface area (Å²) in [7, 11) is 0. The van der Waals surface area contributed by atoms with Crippen molar-refractivity contribution in [3.63, 3.8) is 0 Å². The number of aliphatic hydroxyl groups is 1. The molecule has 1 aromatic rings. The van der Waals surface area contributed by atoms with E-state index >= 15 is 0 Å². The molecule has 0 heterocycles. The van der Waals surface area contributed by atoms with E-state index in [1.807, 2.05) is 0 Å². The second-order valence-electron chi connectivity index (χ2n) is 4.30. The first-order valence-electron chi connectivity index (χ1n) is 6.00. The molecular formula is C14H22OS.